The largest absolute Gasteiger partial charge is 0.389 e. The number of hydrogen-bond acceptors (Lipinski definition) is 16. The second-order valence-electron chi connectivity index (χ2n) is 10.1. The molecule has 6 heterocycles. The van der Waals surface area contributed by atoms with E-state index >= 15 is 0 Å². The maximum atomic E-state index is 14.6. The summed E-state index contributed by atoms with van der Waals surface area (Å²) in [5, 5.41) is 32.3. The van der Waals surface area contributed by atoms with Crippen LogP contribution in [0.5, 0.6) is 0 Å². The summed E-state index contributed by atoms with van der Waals surface area (Å²) in [6, 6.07) is 0. The van der Waals surface area contributed by atoms with Gasteiger partial charge in [0.05, 0.1) is 24.9 Å². The number of imidazole rings is 1. The third-order valence-corrected chi connectivity index (χ3v) is 9.68. The first-order valence-electron chi connectivity index (χ1n) is 12.9. The summed E-state index contributed by atoms with van der Waals surface area (Å²) in [6.45, 7) is -1.52. The summed E-state index contributed by atoms with van der Waals surface area (Å²) >= 11 is 0. The van der Waals surface area contributed by atoms with Gasteiger partial charge in [0, 0.05) is 6.20 Å². The average Bonchev–Trinajstić information content (AvgIpc) is 3.70. The van der Waals surface area contributed by atoms with Crippen LogP contribution in [0.3, 0.4) is 0 Å². The van der Waals surface area contributed by atoms with Crippen molar-refractivity contribution in [2.75, 3.05) is 24.7 Å². The molecular weight excluding hydrogens is 651 g/mol. The van der Waals surface area contributed by atoms with E-state index in [1.807, 2.05) is 0 Å². The van der Waals surface area contributed by atoms with Crippen LogP contribution in [0.15, 0.2) is 23.6 Å². The standard InChI is InChI=1S/C21H26FN9O12P2/c22-6-1-30(16-9(6)15(23)25-4-26-16)19-13(34)11(32)8(42-19)3-41-45(38,39)14-12(33)7(2-40-44(36)37)43-20(14)31-5-27-10-17(31)28-21(24)29-18(10)35/h1,4-5,7-8,11-14,19-20,32-34,44H,2-3H2,(H,36,37)(H,38,39)(H2,23,25,26)(H3,24,28,29,35)/t7-,8-,11-,12-,13-,14-,19-,20-/m1/s1. The summed E-state index contributed by atoms with van der Waals surface area (Å²) in [7, 11) is -8.54. The number of aliphatic hydroxyl groups excluding tert-OH is 3. The van der Waals surface area contributed by atoms with E-state index in [4.69, 9.17) is 30.4 Å². The van der Waals surface area contributed by atoms with Crippen LogP contribution in [0.25, 0.3) is 22.2 Å². The Kier molecular flexibility index (Phi) is 8.25. The van der Waals surface area contributed by atoms with Crippen LogP contribution in [0.2, 0.25) is 0 Å². The number of H-pyrrole nitrogens is 1. The smallest absolute Gasteiger partial charge is 0.338 e. The van der Waals surface area contributed by atoms with Crippen molar-refractivity contribution in [2.45, 2.75) is 48.6 Å². The first-order chi connectivity index (χ1) is 21.3. The predicted octanol–water partition coefficient (Wildman–Crippen LogP) is -2.29. The fourth-order valence-electron chi connectivity index (χ4n) is 5.35. The normalized spacial score (nSPS) is 30.7. The second-order valence-corrected chi connectivity index (χ2v) is 12.9. The molecule has 2 saturated heterocycles. The summed E-state index contributed by atoms with van der Waals surface area (Å²) in [5.41, 5.74) is 8.31. The Morgan fingerprint density at radius 2 is 1.76 bits per heavy atom. The SMILES string of the molecule is Nc1nc2c(ncn2[C@@H]2O[C@H](CO[PH](=O)O)[C@@H](O)[C@H]2P(=O)(O)OC[C@H]2O[C@@H](n3cc(F)c4c(N)ncnc43)[C@H](O)[C@@H]2O)c(=O)[nH]1. The van der Waals surface area contributed by atoms with Gasteiger partial charge in [0.25, 0.3) is 5.56 Å². The molecule has 0 spiro atoms. The summed E-state index contributed by atoms with van der Waals surface area (Å²) in [5.74, 6) is -1.33. The number of aromatic nitrogens is 7. The van der Waals surface area contributed by atoms with Crippen LogP contribution < -0.4 is 17.0 Å². The first kappa shape index (κ1) is 31.6. The molecule has 4 aromatic heterocycles. The number of aliphatic hydroxyl groups is 3. The Morgan fingerprint density at radius 3 is 2.49 bits per heavy atom. The summed E-state index contributed by atoms with van der Waals surface area (Å²) in [6.07, 6.45) is -8.21. The lowest BCUT2D eigenvalue weighted by Gasteiger charge is -2.27. The van der Waals surface area contributed by atoms with Gasteiger partial charge in [0.1, 0.15) is 48.3 Å². The quantitative estimate of drug-likeness (QED) is 0.0864. The molecule has 24 heteroatoms. The minimum atomic E-state index is -5.05. The Balaban J connectivity index is 1.27. The molecule has 21 nitrogen and oxygen atoms in total. The predicted molar refractivity (Wildman–Crippen MR) is 147 cm³/mol. The Morgan fingerprint density at radius 1 is 1.04 bits per heavy atom. The number of nitrogens with two attached hydrogens (primary N) is 2. The lowest BCUT2D eigenvalue weighted by molar-refractivity contribution is -0.0494. The molecule has 0 amide bonds. The van der Waals surface area contributed by atoms with Crippen molar-refractivity contribution < 1.29 is 57.1 Å². The van der Waals surface area contributed by atoms with Gasteiger partial charge in [0.2, 0.25) is 5.95 Å². The Hall–Kier alpha value is -3.40. The number of aromatic amines is 1. The summed E-state index contributed by atoms with van der Waals surface area (Å²) in [4.78, 5) is 50.3. The fourth-order valence-corrected chi connectivity index (χ4v) is 7.31. The van der Waals surface area contributed by atoms with E-state index in [0.717, 1.165) is 28.0 Å². The molecule has 0 saturated carbocycles. The number of rotatable bonds is 9. The van der Waals surface area contributed by atoms with E-state index < -0.39 is 89.1 Å². The molecule has 2 unspecified atom stereocenters. The van der Waals surface area contributed by atoms with Gasteiger partial charge < -0.3 is 59.7 Å². The maximum Gasteiger partial charge on any atom is 0.338 e. The zero-order chi connectivity index (χ0) is 32.4. The van der Waals surface area contributed by atoms with E-state index in [1.165, 1.54) is 0 Å². The van der Waals surface area contributed by atoms with Crippen molar-refractivity contribution in [3.05, 3.63) is 35.0 Å². The van der Waals surface area contributed by atoms with E-state index in [2.05, 4.69) is 29.4 Å². The minimum absolute atomic E-state index is 0.0564. The van der Waals surface area contributed by atoms with Crippen LogP contribution in [-0.2, 0) is 27.7 Å². The van der Waals surface area contributed by atoms with E-state index in [0.29, 0.717) is 0 Å². The molecule has 6 rings (SSSR count). The van der Waals surface area contributed by atoms with E-state index in [-0.39, 0.29) is 34.0 Å². The lowest BCUT2D eigenvalue weighted by atomic mass is 10.1. The molecule has 45 heavy (non-hydrogen) atoms. The van der Waals surface area contributed by atoms with Gasteiger partial charge in [-0.15, -0.1) is 0 Å². The number of fused-ring (bicyclic) bond motifs is 2. The molecule has 2 aliphatic heterocycles. The minimum Gasteiger partial charge on any atom is -0.389 e. The third-order valence-electron chi connectivity index (χ3n) is 7.44. The van der Waals surface area contributed by atoms with Crippen LogP contribution in [0.1, 0.15) is 12.5 Å². The molecule has 0 aromatic carbocycles. The number of nitrogen functional groups attached to an aromatic ring is 2. The number of halogens is 1. The third kappa shape index (κ3) is 5.53. The highest BCUT2D eigenvalue weighted by molar-refractivity contribution is 7.53. The number of anilines is 2. The number of hydrogen-bond donors (Lipinski definition) is 8. The highest BCUT2D eigenvalue weighted by atomic mass is 31.2. The van der Waals surface area contributed by atoms with Crippen molar-refractivity contribution in [3.8, 4) is 0 Å². The van der Waals surface area contributed by atoms with Crippen LogP contribution in [0, 0.1) is 5.82 Å². The molecule has 0 radical (unpaired) electrons. The monoisotopic (exact) mass is 677 g/mol. The fraction of sp³-hybridized carbons (Fsp3) is 0.476. The van der Waals surface area contributed by atoms with E-state index in [9.17, 15) is 38.5 Å². The van der Waals surface area contributed by atoms with Crippen molar-refractivity contribution in [1.29, 1.82) is 0 Å². The number of nitrogens with zero attached hydrogens (tertiary/aromatic N) is 6. The molecule has 2 aliphatic rings. The Labute approximate surface area is 249 Å². The highest BCUT2D eigenvalue weighted by Gasteiger charge is 2.56. The van der Waals surface area contributed by atoms with Crippen LogP contribution >= 0.6 is 15.9 Å². The molecule has 4 aromatic rings. The first-order valence-corrected chi connectivity index (χ1v) is 15.9. The molecule has 0 aliphatic carbocycles. The topological polar surface area (TPSA) is 319 Å². The van der Waals surface area contributed by atoms with Crippen LogP contribution in [-0.4, -0.2) is 109 Å². The van der Waals surface area contributed by atoms with E-state index in [1.54, 1.807) is 0 Å². The number of nitrogens with one attached hydrogen (secondary N) is 1. The maximum absolute atomic E-state index is 14.6. The molecular formula is C21H26FN9O12P2. The van der Waals surface area contributed by atoms with Crippen molar-refractivity contribution in [2.24, 2.45) is 0 Å². The van der Waals surface area contributed by atoms with Gasteiger partial charge in [-0.1, -0.05) is 0 Å². The molecule has 2 fully saturated rings. The number of ether oxygens (including phenoxy) is 2. The average molecular weight is 677 g/mol. The molecule has 244 valence electrons. The van der Waals surface area contributed by atoms with Crippen molar-refractivity contribution >= 4 is 49.8 Å². The zero-order valence-electron chi connectivity index (χ0n) is 22.5. The van der Waals surface area contributed by atoms with Crippen LogP contribution in [0.4, 0.5) is 16.2 Å². The van der Waals surface area contributed by atoms with Crippen molar-refractivity contribution in [1.82, 2.24) is 34.1 Å². The van der Waals surface area contributed by atoms with Gasteiger partial charge in [-0.2, -0.15) is 4.98 Å². The molecule has 0 bridgehead atoms. The van der Waals surface area contributed by atoms with Gasteiger partial charge >= 0.3 is 15.9 Å². The van der Waals surface area contributed by atoms with Gasteiger partial charge in [0.15, 0.2) is 35.1 Å². The lowest BCUT2D eigenvalue weighted by Crippen LogP contribution is -2.36. The summed E-state index contributed by atoms with van der Waals surface area (Å²) < 4.78 is 62.9. The zero-order valence-corrected chi connectivity index (χ0v) is 24.4. The molecule has 10 atom stereocenters. The van der Waals surface area contributed by atoms with Gasteiger partial charge in [-0.25, -0.2) is 19.3 Å². The Bertz CT molecular complexity index is 1890. The van der Waals surface area contributed by atoms with Gasteiger partial charge in [-0.05, 0) is 0 Å². The van der Waals surface area contributed by atoms with Gasteiger partial charge in [-0.3, -0.25) is 23.5 Å². The van der Waals surface area contributed by atoms with Crippen molar-refractivity contribution in [3.63, 3.8) is 0 Å². The highest BCUT2D eigenvalue weighted by Crippen LogP contribution is 2.57. The second kappa shape index (κ2) is 11.8. The molecule has 10 N–H and O–H groups in total.